The lowest BCUT2D eigenvalue weighted by Crippen LogP contribution is -1.92. The van der Waals surface area contributed by atoms with Crippen LogP contribution in [0.3, 0.4) is 0 Å². The minimum atomic E-state index is 0.847. The molecule has 0 fully saturated rings. The Balaban J connectivity index is 1.64. The molecule has 0 aliphatic rings. The van der Waals surface area contributed by atoms with Gasteiger partial charge in [-0.2, -0.15) is 0 Å². The topological polar surface area (TPSA) is 26.0 Å². The van der Waals surface area contributed by atoms with Crippen LogP contribution >= 0.6 is 23.5 Å². The fourth-order valence-electron chi connectivity index (χ4n) is 2.32. The van der Waals surface area contributed by atoms with E-state index in [9.17, 15) is 0 Å². The minimum absolute atomic E-state index is 0.847. The first-order valence-electron chi connectivity index (χ1n) is 7.53. The van der Waals surface area contributed by atoms with E-state index in [1.54, 1.807) is 0 Å². The molecule has 0 spiro atoms. The van der Waals surface area contributed by atoms with Crippen molar-refractivity contribution < 1.29 is 0 Å². The third-order valence-electron chi connectivity index (χ3n) is 3.37. The Morgan fingerprint density at radius 2 is 1.04 bits per heavy atom. The number of thioether (sulfide) groups is 2. The normalized spacial score (nSPS) is 10.6. The number of nitrogens with two attached hydrogens (primary N) is 1. The quantitative estimate of drug-likeness (QED) is 0.451. The lowest BCUT2D eigenvalue weighted by molar-refractivity contribution is 1.32. The molecule has 3 aromatic carbocycles. The van der Waals surface area contributed by atoms with E-state index in [1.807, 2.05) is 35.7 Å². The van der Waals surface area contributed by atoms with Crippen LogP contribution in [-0.4, -0.2) is 0 Å². The number of nitrogen functional groups attached to an aromatic ring is 1. The summed E-state index contributed by atoms with van der Waals surface area (Å²) in [5, 5.41) is 0. The zero-order chi connectivity index (χ0) is 15.9. The molecule has 23 heavy (non-hydrogen) atoms. The number of rotatable bonds is 6. The smallest absolute Gasteiger partial charge is 0.0320 e. The summed E-state index contributed by atoms with van der Waals surface area (Å²) in [6, 6.07) is 27.4. The highest BCUT2D eigenvalue weighted by Gasteiger charge is 2.02. The van der Waals surface area contributed by atoms with E-state index >= 15 is 0 Å². The second kappa shape index (κ2) is 8.14. The summed E-state index contributed by atoms with van der Waals surface area (Å²) in [5.74, 6) is 1.89. The third kappa shape index (κ3) is 5.08. The predicted octanol–water partition coefficient (Wildman–Crippen LogP) is 5.85. The van der Waals surface area contributed by atoms with Crippen LogP contribution in [0.5, 0.6) is 0 Å². The molecule has 3 heteroatoms. The minimum Gasteiger partial charge on any atom is -0.399 e. The average Bonchev–Trinajstić information content (AvgIpc) is 2.60. The van der Waals surface area contributed by atoms with Crippen LogP contribution in [0.1, 0.15) is 11.1 Å². The highest BCUT2D eigenvalue weighted by molar-refractivity contribution is 7.98. The lowest BCUT2D eigenvalue weighted by atomic mass is 10.1. The SMILES string of the molecule is Nc1cc(CSc2ccccc2)cc(CSc2ccccc2)c1. The van der Waals surface area contributed by atoms with Crippen molar-refractivity contribution in [3.05, 3.63) is 90.0 Å². The van der Waals surface area contributed by atoms with Gasteiger partial charge in [-0.15, -0.1) is 23.5 Å². The molecule has 0 radical (unpaired) electrons. The summed E-state index contributed by atoms with van der Waals surface area (Å²) < 4.78 is 0. The van der Waals surface area contributed by atoms with Crippen molar-refractivity contribution in [2.75, 3.05) is 5.73 Å². The molecule has 0 bridgehead atoms. The van der Waals surface area contributed by atoms with Gasteiger partial charge in [-0.25, -0.2) is 0 Å². The van der Waals surface area contributed by atoms with Gasteiger partial charge < -0.3 is 5.73 Å². The van der Waals surface area contributed by atoms with Crippen LogP contribution in [-0.2, 0) is 11.5 Å². The molecule has 116 valence electrons. The van der Waals surface area contributed by atoms with Gasteiger partial charge in [-0.05, 0) is 47.5 Å². The van der Waals surface area contributed by atoms with Crippen molar-refractivity contribution in [1.82, 2.24) is 0 Å². The molecule has 0 amide bonds. The molecular formula is C20H19NS2. The summed E-state index contributed by atoms with van der Waals surface area (Å²) >= 11 is 3.69. The Kier molecular flexibility index (Phi) is 5.67. The summed E-state index contributed by atoms with van der Waals surface area (Å²) in [7, 11) is 0. The Morgan fingerprint density at radius 3 is 1.48 bits per heavy atom. The van der Waals surface area contributed by atoms with Crippen LogP contribution in [0.4, 0.5) is 5.69 Å². The molecule has 0 atom stereocenters. The van der Waals surface area contributed by atoms with Crippen LogP contribution in [0.15, 0.2) is 88.7 Å². The number of anilines is 1. The molecule has 0 aromatic heterocycles. The lowest BCUT2D eigenvalue weighted by Gasteiger charge is -2.08. The standard InChI is InChI=1S/C20H19NS2/c21-18-12-16(14-22-19-7-3-1-4-8-19)11-17(13-18)15-23-20-9-5-2-6-10-20/h1-13H,14-15,21H2. The fraction of sp³-hybridized carbons (Fsp3) is 0.100. The molecule has 0 saturated heterocycles. The Bertz CT molecular complexity index is 680. The summed E-state index contributed by atoms with van der Waals surface area (Å²) in [6.45, 7) is 0. The number of hydrogen-bond donors (Lipinski definition) is 1. The Hall–Kier alpha value is -1.84. The van der Waals surface area contributed by atoms with Gasteiger partial charge in [0.15, 0.2) is 0 Å². The van der Waals surface area contributed by atoms with Crippen molar-refractivity contribution in [3.8, 4) is 0 Å². The maximum atomic E-state index is 6.08. The van der Waals surface area contributed by atoms with Gasteiger partial charge in [-0.3, -0.25) is 0 Å². The van der Waals surface area contributed by atoms with Gasteiger partial charge in [0.05, 0.1) is 0 Å². The van der Waals surface area contributed by atoms with Crippen molar-refractivity contribution in [2.24, 2.45) is 0 Å². The molecule has 3 aromatic rings. The van der Waals surface area contributed by atoms with Crippen molar-refractivity contribution >= 4 is 29.2 Å². The van der Waals surface area contributed by atoms with E-state index in [0.717, 1.165) is 17.2 Å². The van der Waals surface area contributed by atoms with Gasteiger partial charge in [0.25, 0.3) is 0 Å². The van der Waals surface area contributed by atoms with E-state index in [4.69, 9.17) is 5.73 Å². The largest absolute Gasteiger partial charge is 0.399 e. The van der Waals surface area contributed by atoms with E-state index in [1.165, 1.54) is 20.9 Å². The van der Waals surface area contributed by atoms with Gasteiger partial charge in [0, 0.05) is 27.0 Å². The highest BCUT2D eigenvalue weighted by atomic mass is 32.2. The van der Waals surface area contributed by atoms with Crippen LogP contribution in [0.2, 0.25) is 0 Å². The zero-order valence-electron chi connectivity index (χ0n) is 12.8. The summed E-state index contributed by atoms with van der Waals surface area (Å²) in [6.07, 6.45) is 0. The Labute approximate surface area is 146 Å². The summed E-state index contributed by atoms with van der Waals surface area (Å²) in [4.78, 5) is 2.57. The maximum Gasteiger partial charge on any atom is 0.0320 e. The first-order valence-corrected chi connectivity index (χ1v) is 9.51. The predicted molar refractivity (Wildman–Crippen MR) is 103 cm³/mol. The van der Waals surface area contributed by atoms with Crippen LogP contribution in [0, 0.1) is 0 Å². The molecule has 3 rings (SSSR count). The molecule has 0 saturated carbocycles. The van der Waals surface area contributed by atoms with E-state index in [-0.39, 0.29) is 0 Å². The molecular weight excluding hydrogens is 318 g/mol. The highest BCUT2D eigenvalue weighted by Crippen LogP contribution is 2.27. The first kappa shape index (κ1) is 16.0. The van der Waals surface area contributed by atoms with E-state index < -0.39 is 0 Å². The van der Waals surface area contributed by atoms with Crippen molar-refractivity contribution in [2.45, 2.75) is 21.3 Å². The second-order valence-corrected chi connectivity index (χ2v) is 7.38. The molecule has 0 heterocycles. The van der Waals surface area contributed by atoms with Gasteiger partial charge >= 0.3 is 0 Å². The number of benzene rings is 3. The van der Waals surface area contributed by atoms with Crippen LogP contribution in [0.25, 0.3) is 0 Å². The fourth-order valence-corrected chi connectivity index (χ4v) is 4.02. The first-order chi connectivity index (χ1) is 11.3. The van der Waals surface area contributed by atoms with E-state index in [0.29, 0.717) is 0 Å². The molecule has 2 N–H and O–H groups in total. The maximum absolute atomic E-state index is 6.08. The monoisotopic (exact) mass is 337 g/mol. The second-order valence-electron chi connectivity index (χ2n) is 5.29. The molecule has 0 unspecified atom stereocenters. The third-order valence-corrected chi connectivity index (χ3v) is 5.54. The van der Waals surface area contributed by atoms with Crippen molar-refractivity contribution in [1.29, 1.82) is 0 Å². The molecule has 1 nitrogen and oxygen atoms in total. The van der Waals surface area contributed by atoms with Gasteiger partial charge in [0.1, 0.15) is 0 Å². The van der Waals surface area contributed by atoms with Crippen molar-refractivity contribution in [3.63, 3.8) is 0 Å². The van der Waals surface area contributed by atoms with Crippen LogP contribution < -0.4 is 5.73 Å². The summed E-state index contributed by atoms with van der Waals surface area (Å²) in [5.41, 5.74) is 9.49. The zero-order valence-corrected chi connectivity index (χ0v) is 14.4. The Morgan fingerprint density at radius 1 is 0.609 bits per heavy atom. The number of hydrogen-bond acceptors (Lipinski definition) is 3. The molecule has 0 aliphatic heterocycles. The van der Waals surface area contributed by atoms with E-state index in [2.05, 4.69) is 66.7 Å². The average molecular weight is 338 g/mol. The van der Waals surface area contributed by atoms with Gasteiger partial charge in [-0.1, -0.05) is 42.5 Å². The van der Waals surface area contributed by atoms with Gasteiger partial charge in [0.2, 0.25) is 0 Å². The molecule has 0 aliphatic carbocycles.